The molecule has 160 valence electrons. The van der Waals surface area contributed by atoms with Crippen LogP contribution in [-0.2, 0) is 34.3 Å². The lowest BCUT2D eigenvalue weighted by atomic mass is 9.83. The molecule has 1 aromatic rings. The van der Waals surface area contributed by atoms with Gasteiger partial charge >= 0.3 is 0 Å². The molecule has 1 N–H and O–H groups in total. The molecule has 8 nitrogen and oxygen atoms in total. The fourth-order valence-corrected chi connectivity index (χ4v) is 4.73. The molecule has 4 rings (SSSR count). The van der Waals surface area contributed by atoms with Crippen molar-refractivity contribution in [3.63, 3.8) is 0 Å². The van der Waals surface area contributed by atoms with Crippen LogP contribution in [0.4, 0.5) is 0 Å². The van der Waals surface area contributed by atoms with Crippen molar-refractivity contribution in [2.75, 3.05) is 26.3 Å². The summed E-state index contributed by atoms with van der Waals surface area (Å²) in [7, 11) is 1.90. The quantitative estimate of drug-likeness (QED) is 0.824. The molecule has 29 heavy (non-hydrogen) atoms. The van der Waals surface area contributed by atoms with E-state index in [1.165, 1.54) is 0 Å². The number of carbonyl (C=O) groups is 2. The predicted molar refractivity (Wildman–Crippen MR) is 106 cm³/mol. The normalized spacial score (nSPS) is 22.0. The number of aryl methyl sites for hydroxylation is 1. The average molecular weight is 405 g/mol. The Morgan fingerprint density at radius 3 is 2.55 bits per heavy atom. The van der Waals surface area contributed by atoms with Gasteiger partial charge in [-0.25, -0.2) is 0 Å². The molecule has 0 aromatic carbocycles. The molecule has 0 atom stereocenters. The van der Waals surface area contributed by atoms with Crippen LogP contribution in [0.25, 0.3) is 0 Å². The Morgan fingerprint density at radius 1 is 1.21 bits per heavy atom. The van der Waals surface area contributed by atoms with E-state index < -0.39 is 0 Å². The van der Waals surface area contributed by atoms with Crippen LogP contribution in [0.5, 0.6) is 0 Å². The number of piperidine rings is 1. The first-order valence-corrected chi connectivity index (χ1v) is 10.7. The third kappa shape index (κ3) is 4.05. The molecule has 1 aromatic heterocycles. The molecule has 0 saturated carbocycles. The fraction of sp³-hybridized carbons (Fsp3) is 0.762. The van der Waals surface area contributed by atoms with Gasteiger partial charge in [-0.05, 0) is 39.5 Å². The van der Waals surface area contributed by atoms with E-state index in [9.17, 15) is 9.59 Å². The summed E-state index contributed by atoms with van der Waals surface area (Å²) in [4.78, 5) is 27.3. The van der Waals surface area contributed by atoms with E-state index in [1.807, 2.05) is 30.5 Å². The number of fused-ring (bicyclic) bond motifs is 1. The highest BCUT2D eigenvalue weighted by molar-refractivity contribution is 5.94. The van der Waals surface area contributed by atoms with Crippen LogP contribution in [0, 0.1) is 5.92 Å². The van der Waals surface area contributed by atoms with Crippen LogP contribution in [-0.4, -0.2) is 64.4 Å². The molecular weight excluding hydrogens is 372 g/mol. The molecule has 0 unspecified atom stereocenters. The number of hydrogen-bond acceptors (Lipinski definition) is 5. The topological polar surface area (TPSA) is 85.7 Å². The lowest BCUT2D eigenvalue weighted by Gasteiger charge is -2.44. The summed E-state index contributed by atoms with van der Waals surface area (Å²) in [6.45, 7) is 7.11. The van der Waals surface area contributed by atoms with E-state index in [0.29, 0.717) is 25.5 Å². The van der Waals surface area contributed by atoms with Crippen molar-refractivity contribution < 1.29 is 19.1 Å². The number of likely N-dealkylation sites (tertiary alicyclic amines) is 1. The smallest absolute Gasteiger partial charge is 0.272 e. The predicted octanol–water partition coefficient (Wildman–Crippen LogP) is 1.42. The molecule has 3 aliphatic heterocycles. The van der Waals surface area contributed by atoms with Crippen LogP contribution in [0.3, 0.4) is 0 Å². The molecule has 2 fully saturated rings. The fourth-order valence-electron chi connectivity index (χ4n) is 4.73. The summed E-state index contributed by atoms with van der Waals surface area (Å²) in [5.74, 6) is 0.233. The van der Waals surface area contributed by atoms with Crippen LogP contribution < -0.4 is 5.32 Å². The average Bonchev–Trinajstić information content (AvgIpc) is 3.04. The highest BCUT2D eigenvalue weighted by Crippen LogP contribution is 2.37. The van der Waals surface area contributed by atoms with Gasteiger partial charge in [-0.3, -0.25) is 14.3 Å². The minimum atomic E-state index is -0.265. The minimum Gasteiger partial charge on any atom is -0.381 e. The number of ether oxygens (including phenoxy) is 2. The van der Waals surface area contributed by atoms with Crippen LogP contribution >= 0.6 is 0 Å². The lowest BCUT2D eigenvalue weighted by molar-refractivity contribution is -0.147. The monoisotopic (exact) mass is 404 g/mol. The van der Waals surface area contributed by atoms with Gasteiger partial charge in [0.15, 0.2) is 5.69 Å². The number of aromatic nitrogens is 2. The van der Waals surface area contributed by atoms with E-state index in [-0.39, 0.29) is 29.4 Å². The Balaban J connectivity index is 1.42. The highest BCUT2D eigenvalue weighted by Gasteiger charge is 2.43. The molecular formula is C21H32N4O4. The zero-order chi connectivity index (χ0) is 20.6. The van der Waals surface area contributed by atoms with Gasteiger partial charge in [-0.1, -0.05) is 0 Å². The number of nitrogens with one attached hydrogen (secondary N) is 1. The molecule has 0 radical (unpaired) electrons. The second kappa shape index (κ2) is 8.07. The first kappa shape index (κ1) is 20.3. The molecule has 8 heteroatoms. The number of rotatable bonds is 3. The molecule has 1 spiro atoms. The van der Waals surface area contributed by atoms with Gasteiger partial charge < -0.3 is 19.7 Å². The van der Waals surface area contributed by atoms with Gasteiger partial charge in [0, 0.05) is 63.0 Å². The van der Waals surface area contributed by atoms with E-state index >= 15 is 0 Å². The Bertz CT molecular complexity index is 774. The van der Waals surface area contributed by atoms with Crippen LogP contribution in [0.15, 0.2) is 0 Å². The summed E-state index contributed by atoms with van der Waals surface area (Å²) in [6, 6.07) is 0.0635. The molecule has 2 amide bonds. The van der Waals surface area contributed by atoms with Crippen molar-refractivity contribution in [1.82, 2.24) is 20.0 Å². The van der Waals surface area contributed by atoms with Gasteiger partial charge in [0.05, 0.1) is 12.2 Å². The summed E-state index contributed by atoms with van der Waals surface area (Å²) in [5.41, 5.74) is 2.18. The standard InChI is InChI=1S/C21H32N4O4/c1-14(2)22-19(26)18-16-13-29-21(12-17(16)24(3)23-18)6-8-25(9-7-21)20(27)15-4-10-28-11-5-15/h14-15H,4-13H2,1-3H3,(H,22,26). The molecule has 2 saturated heterocycles. The summed E-state index contributed by atoms with van der Waals surface area (Å²) >= 11 is 0. The maximum Gasteiger partial charge on any atom is 0.272 e. The molecule has 0 aliphatic carbocycles. The van der Waals surface area contributed by atoms with E-state index in [4.69, 9.17) is 9.47 Å². The molecule has 0 bridgehead atoms. The highest BCUT2D eigenvalue weighted by atomic mass is 16.5. The minimum absolute atomic E-state index is 0.0635. The Labute approximate surface area is 171 Å². The number of carbonyl (C=O) groups excluding carboxylic acids is 2. The number of amides is 2. The zero-order valence-corrected chi connectivity index (χ0v) is 17.7. The third-order valence-electron chi connectivity index (χ3n) is 6.48. The van der Waals surface area contributed by atoms with Crippen LogP contribution in [0.1, 0.15) is 61.3 Å². The first-order chi connectivity index (χ1) is 13.9. The second-order valence-corrected chi connectivity index (χ2v) is 8.89. The number of hydrogen-bond donors (Lipinski definition) is 1. The van der Waals surface area contributed by atoms with Gasteiger partial charge in [-0.2, -0.15) is 5.10 Å². The Kier molecular flexibility index (Phi) is 5.66. The Hall–Kier alpha value is -1.93. The van der Waals surface area contributed by atoms with Crippen molar-refractivity contribution in [1.29, 1.82) is 0 Å². The maximum absolute atomic E-state index is 12.8. The molecule has 3 aliphatic rings. The lowest BCUT2D eigenvalue weighted by Crippen LogP contribution is -2.52. The summed E-state index contributed by atoms with van der Waals surface area (Å²) < 4.78 is 13.5. The largest absolute Gasteiger partial charge is 0.381 e. The van der Waals surface area contributed by atoms with Crippen molar-refractivity contribution in [3.05, 3.63) is 17.0 Å². The van der Waals surface area contributed by atoms with Crippen molar-refractivity contribution in [2.45, 2.75) is 64.2 Å². The zero-order valence-electron chi connectivity index (χ0n) is 17.7. The van der Waals surface area contributed by atoms with E-state index in [0.717, 1.165) is 56.5 Å². The van der Waals surface area contributed by atoms with E-state index in [1.54, 1.807) is 0 Å². The van der Waals surface area contributed by atoms with Gasteiger partial charge in [0.25, 0.3) is 5.91 Å². The number of nitrogens with zero attached hydrogens (tertiary/aromatic N) is 3. The van der Waals surface area contributed by atoms with Crippen molar-refractivity contribution >= 4 is 11.8 Å². The Morgan fingerprint density at radius 2 is 1.90 bits per heavy atom. The summed E-state index contributed by atoms with van der Waals surface area (Å²) in [5, 5.41) is 7.40. The molecule has 4 heterocycles. The van der Waals surface area contributed by atoms with E-state index in [2.05, 4.69) is 10.4 Å². The maximum atomic E-state index is 12.8. The van der Waals surface area contributed by atoms with Crippen molar-refractivity contribution in [3.8, 4) is 0 Å². The third-order valence-corrected chi connectivity index (χ3v) is 6.48. The van der Waals surface area contributed by atoms with Gasteiger partial charge in [0.1, 0.15) is 0 Å². The first-order valence-electron chi connectivity index (χ1n) is 10.7. The van der Waals surface area contributed by atoms with Crippen molar-refractivity contribution in [2.24, 2.45) is 13.0 Å². The van der Waals surface area contributed by atoms with Gasteiger partial charge in [0.2, 0.25) is 5.91 Å². The second-order valence-electron chi connectivity index (χ2n) is 8.89. The SMILES string of the molecule is CC(C)NC(=O)c1nn(C)c2c1COC1(CCN(C(=O)C3CCOCC3)CC1)C2. The van der Waals surface area contributed by atoms with Gasteiger partial charge in [-0.15, -0.1) is 0 Å². The summed E-state index contributed by atoms with van der Waals surface area (Å²) in [6.07, 6.45) is 4.04. The van der Waals surface area contributed by atoms with Crippen LogP contribution in [0.2, 0.25) is 0 Å².